The van der Waals surface area contributed by atoms with Crippen molar-refractivity contribution in [1.29, 1.82) is 0 Å². The number of hydrogen-bond donors (Lipinski definition) is 1. The third kappa shape index (κ3) is 3.02. The summed E-state index contributed by atoms with van der Waals surface area (Å²) in [5.41, 5.74) is 7.16. The van der Waals surface area contributed by atoms with E-state index in [1.54, 1.807) is 12.1 Å². The molecule has 0 fully saturated rings. The Morgan fingerprint density at radius 1 is 1.05 bits per heavy atom. The van der Waals surface area contributed by atoms with Crippen molar-refractivity contribution in [3.05, 3.63) is 58.7 Å². The molecule has 2 rings (SSSR count). The summed E-state index contributed by atoms with van der Waals surface area (Å²) < 4.78 is 27.3. The summed E-state index contributed by atoms with van der Waals surface area (Å²) >= 11 is 0. The zero-order valence-electron chi connectivity index (χ0n) is 12.1. The standard InChI is InChI=1S/C16H16F2N2O/c1-9-4-10(2)6-12(5-9)20(3)16(21)13-7-11(17)8-14(19)15(13)18/h4-8H,19H2,1-3H3. The molecule has 0 aliphatic carbocycles. The molecule has 0 atom stereocenters. The van der Waals surface area contributed by atoms with Crippen molar-refractivity contribution in [2.75, 3.05) is 17.7 Å². The maximum atomic E-state index is 13.9. The zero-order valence-corrected chi connectivity index (χ0v) is 12.1. The summed E-state index contributed by atoms with van der Waals surface area (Å²) in [5, 5.41) is 0. The number of carbonyl (C=O) groups is 1. The van der Waals surface area contributed by atoms with Gasteiger partial charge in [0.05, 0.1) is 11.3 Å². The summed E-state index contributed by atoms with van der Waals surface area (Å²) in [6.45, 7) is 3.80. The van der Waals surface area contributed by atoms with Gasteiger partial charge in [0.2, 0.25) is 0 Å². The molecule has 0 radical (unpaired) electrons. The molecule has 2 aromatic carbocycles. The van der Waals surface area contributed by atoms with Crippen LogP contribution in [0.1, 0.15) is 21.5 Å². The van der Waals surface area contributed by atoms with Crippen LogP contribution in [0.4, 0.5) is 20.2 Å². The molecule has 2 aromatic rings. The van der Waals surface area contributed by atoms with Crippen LogP contribution in [0, 0.1) is 25.5 Å². The van der Waals surface area contributed by atoms with Crippen molar-refractivity contribution >= 4 is 17.3 Å². The summed E-state index contributed by atoms with van der Waals surface area (Å²) in [6.07, 6.45) is 0. The molecular formula is C16H16F2N2O. The largest absolute Gasteiger partial charge is 0.396 e. The smallest absolute Gasteiger partial charge is 0.261 e. The van der Waals surface area contributed by atoms with Gasteiger partial charge in [-0.3, -0.25) is 4.79 Å². The number of benzene rings is 2. The van der Waals surface area contributed by atoms with E-state index in [-0.39, 0.29) is 11.3 Å². The van der Waals surface area contributed by atoms with Crippen LogP contribution in [0.15, 0.2) is 30.3 Å². The van der Waals surface area contributed by atoms with Crippen molar-refractivity contribution in [3.63, 3.8) is 0 Å². The summed E-state index contributed by atoms with van der Waals surface area (Å²) in [4.78, 5) is 13.6. The van der Waals surface area contributed by atoms with Gasteiger partial charge in [0.1, 0.15) is 5.82 Å². The molecule has 0 bridgehead atoms. The number of halogens is 2. The van der Waals surface area contributed by atoms with E-state index in [1.807, 2.05) is 19.9 Å². The van der Waals surface area contributed by atoms with E-state index in [0.29, 0.717) is 5.69 Å². The molecule has 0 aliphatic heterocycles. The lowest BCUT2D eigenvalue weighted by molar-refractivity contribution is 0.0989. The molecule has 0 unspecified atom stereocenters. The van der Waals surface area contributed by atoms with Crippen molar-refractivity contribution in [3.8, 4) is 0 Å². The van der Waals surface area contributed by atoms with Gasteiger partial charge in [-0.25, -0.2) is 8.78 Å². The lowest BCUT2D eigenvalue weighted by Crippen LogP contribution is -2.27. The number of anilines is 2. The number of rotatable bonds is 2. The van der Waals surface area contributed by atoms with Gasteiger partial charge < -0.3 is 10.6 Å². The summed E-state index contributed by atoms with van der Waals surface area (Å²) in [6, 6.07) is 7.26. The molecule has 0 saturated heterocycles. The van der Waals surface area contributed by atoms with Crippen LogP contribution in [0.5, 0.6) is 0 Å². The van der Waals surface area contributed by atoms with Crippen LogP contribution in [0.25, 0.3) is 0 Å². The molecule has 0 aromatic heterocycles. The molecule has 1 amide bonds. The number of carbonyl (C=O) groups excluding carboxylic acids is 1. The van der Waals surface area contributed by atoms with Crippen molar-refractivity contribution in [2.24, 2.45) is 0 Å². The van der Waals surface area contributed by atoms with E-state index in [1.165, 1.54) is 11.9 Å². The normalized spacial score (nSPS) is 10.5. The Labute approximate surface area is 122 Å². The molecule has 21 heavy (non-hydrogen) atoms. The van der Waals surface area contributed by atoms with Crippen LogP contribution < -0.4 is 10.6 Å². The first-order valence-corrected chi connectivity index (χ1v) is 6.40. The van der Waals surface area contributed by atoms with Crippen molar-refractivity contribution < 1.29 is 13.6 Å². The minimum atomic E-state index is -0.905. The van der Waals surface area contributed by atoms with E-state index in [2.05, 4.69) is 0 Å². The van der Waals surface area contributed by atoms with Gasteiger partial charge in [0, 0.05) is 12.7 Å². The van der Waals surface area contributed by atoms with Gasteiger partial charge in [-0.2, -0.15) is 0 Å². The molecular weight excluding hydrogens is 274 g/mol. The van der Waals surface area contributed by atoms with E-state index in [4.69, 9.17) is 5.73 Å². The topological polar surface area (TPSA) is 46.3 Å². The second-order valence-electron chi connectivity index (χ2n) is 5.07. The number of aryl methyl sites for hydroxylation is 2. The number of nitrogens with zero attached hydrogens (tertiary/aromatic N) is 1. The third-order valence-corrected chi connectivity index (χ3v) is 3.19. The fraction of sp³-hybridized carbons (Fsp3) is 0.188. The van der Waals surface area contributed by atoms with Crippen LogP contribution in [-0.2, 0) is 0 Å². The SMILES string of the molecule is Cc1cc(C)cc(N(C)C(=O)c2cc(F)cc(N)c2F)c1. The molecule has 0 heterocycles. The molecule has 0 saturated carbocycles. The van der Waals surface area contributed by atoms with E-state index in [9.17, 15) is 13.6 Å². The highest BCUT2D eigenvalue weighted by Crippen LogP contribution is 2.23. The number of hydrogen-bond acceptors (Lipinski definition) is 2. The fourth-order valence-corrected chi connectivity index (χ4v) is 2.21. The van der Waals surface area contributed by atoms with Gasteiger partial charge in [-0.05, 0) is 49.2 Å². The summed E-state index contributed by atoms with van der Waals surface area (Å²) in [5.74, 6) is -2.30. The van der Waals surface area contributed by atoms with Gasteiger partial charge in [0.25, 0.3) is 5.91 Å². The first-order chi connectivity index (χ1) is 9.79. The molecule has 2 N–H and O–H groups in total. The molecule has 0 aliphatic rings. The maximum Gasteiger partial charge on any atom is 0.261 e. The Kier molecular flexibility index (Phi) is 3.93. The predicted octanol–water partition coefficient (Wildman–Crippen LogP) is 3.44. The van der Waals surface area contributed by atoms with Crippen molar-refractivity contribution in [2.45, 2.75) is 13.8 Å². The fourth-order valence-electron chi connectivity index (χ4n) is 2.21. The summed E-state index contributed by atoms with van der Waals surface area (Å²) in [7, 11) is 1.51. The predicted molar refractivity (Wildman–Crippen MR) is 79.4 cm³/mol. The molecule has 110 valence electrons. The van der Waals surface area contributed by atoms with E-state index in [0.717, 1.165) is 23.3 Å². The van der Waals surface area contributed by atoms with Crippen LogP contribution in [0.2, 0.25) is 0 Å². The minimum Gasteiger partial charge on any atom is -0.396 e. The quantitative estimate of drug-likeness (QED) is 0.861. The first-order valence-electron chi connectivity index (χ1n) is 6.40. The average molecular weight is 290 g/mol. The van der Waals surface area contributed by atoms with E-state index >= 15 is 0 Å². The Hall–Kier alpha value is -2.43. The molecule has 5 heteroatoms. The minimum absolute atomic E-state index is 0.380. The molecule has 0 spiro atoms. The first kappa shape index (κ1) is 15.0. The maximum absolute atomic E-state index is 13.9. The van der Waals surface area contributed by atoms with Gasteiger partial charge >= 0.3 is 0 Å². The highest BCUT2D eigenvalue weighted by atomic mass is 19.1. The second-order valence-corrected chi connectivity index (χ2v) is 5.07. The Morgan fingerprint density at radius 3 is 2.19 bits per heavy atom. The van der Waals surface area contributed by atoms with Crippen LogP contribution >= 0.6 is 0 Å². The lowest BCUT2D eigenvalue weighted by atomic mass is 10.1. The highest BCUT2D eigenvalue weighted by molar-refractivity contribution is 6.06. The third-order valence-electron chi connectivity index (χ3n) is 3.19. The van der Waals surface area contributed by atoms with Crippen LogP contribution in [0.3, 0.4) is 0 Å². The Bertz CT molecular complexity index is 693. The lowest BCUT2D eigenvalue weighted by Gasteiger charge is -2.19. The Balaban J connectivity index is 2.44. The van der Waals surface area contributed by atoms with E-state index < -0.39 is 17.5 Å². The van der Waals surface area contributed by atoms with Gasteiger partial charge in [-0.1, -0.05) is 6.07 Å². The number of nitrogen functional groups attached to an aromatic ring is 1. The molecule has 3 nitrogen and oxygen atoms in total. The monoisotopic (exact) mass is 290 g/mol. The van der Waals surface area contributed by atoms with Gasteiger partial charge in [-0.15, -0.1) is 0 Å². The Morgan fingerprint density at radius 2 is 1.62 bits per heavy atom. The second kappa shape index (κ2) is 5.52. The van der Waals surface area contributed by atoms with Crippen LogP contribution in [-0.4, -0.2) is 13.0 Å². The average Bonchev–Trinajstić information content (AvgIpc) is 2.40. The number of nitrogens with two attached hydrogens (primary N) is 1. The highest BCUT2D eigenvalue weighted by Gasteiger charge is 2.20. The number of amides is 1. The van der Waals surface area contributed by atoms with Crippen molar-refractivity contribution in [1.82, 2.24) is 0 Å². The zero-order chi connectivity index (χ0) is 15.7. The van der Waals surface area contributed by atoms with Gasteiger partial charge in [0.15, 0.2) is 5.82 Å².